The quantitative estimate of drug-likeness (QED) is 0.867. The molecule has 0 atom stereocenters. The first kappa shape index (κ1) is 16.0. The summed E-state index contributed by atoms with van der Waals surface area (Å²) in [6.07, 6.45) is -5.60. The van der Waals surface area contributed by atoms with Crippen molar-refractivity contribution in [2.24, 2.45) is 5.73 Å². The summed E-state index contributed by atoms with van der Waals surface area (Å²) in [5, 5.41) is 2.32. The summed E-state index contributed by atoms with van der Waals surface area (Å²) in [6, 6.07) is 9.56. The number of nitrogens with one attached hydrogen (secondary N) is 1. The third-order valence-electron chi connectivity index (χ3n) is 2.65. The normalized spacial score (nSPS) is 11.1. The molecule has 4 nitrogen and oxygen atoms in total. The molecule has 8 heteroatoms. The molecule has 3 N–H and O–H groups in total. The minimum absolute atomic E-state index is 0.0958. The molecule has 0 unspecified atom stereocenters. The molecule has 0 radical (unpaired) electrons. The van der Waals surface area contributed by atoms with Gasteiger partial charge in [-0.15, -0.1) is 0 Å². The highest BCUT2D eigenvalue weighted by Crippen LogP contribution is 2.37. The van der Waals surface area contributed by atoms with E-state index in [4.69, 9.17) is 22.1 Å². The molecule has 2 aromatic rings. The van der Waals surface area contributed by atoms with E-state index in [2.05, 4.69) is 5.32 Å². The van der Waals surface area contributed by atoms with Crippen molar-refractivity contribution >= 4 is 29.1 Å². The lowest BCUT2D eigenvalue weighted by Gasteiger charge is -2.14. The van der Waals surface area contributed by atoms with Gasteiger partial charge in [-0.2, -0.15) is 13.2 Å². The van der Waals surface area contributed by atoms with Crippen LogP contribution in [0.2, 0.25) is 5.02 Å². The molecule has 0 bridgehead atoms. The summed E-state index contributed by atoms with van der Waals surface area (Å²) in [6.45, 7) is 0. The second-order valence-corrected chi connectivity index (χ2v) is 4.64. The second kappa shape index (κ2) is 6.15. The number of halogens is 4. The molecule has 22 heavy (non-hydrogen) atoms. The lowest BCUT2D eigenvalue weighted by Crippen LogP contribution is -2.16. The molecule has 0 aliphatic heterocycles. The molecular weight excluding hydrogens is 321 g/mol. The largest absolute Gasteiger partial charge is 0.417 e. The van der Waals surface area contributed by atoms with Gasteiger partial charge in [-0.25, -0.2) is 4.79 Å². The van der Waals surface area contributed by atoms with E-state index in [-0.39, 0.29) is 17.1 Å². The number of ether oxygens (including phenoxy) is 1. The van der Waals surface area contributed by atoms with E-state index in [1.165, 1.54) is 18.2 Å². The van der Waals surface area contributed by atoms with Crippen LogP contribution in [0, 0.1) is 0 Å². The molecule has 2 aromatic carbocycles. The topological polar surface area (TPSA) is 64.4 Å². The molecule has 1 amide bonds. The summed E-state index contributed by atoms with van der Waals surface area (Å²) in [5.74, 6) is 0.0958. The standard InChI is InChI=1S/C14H10ClF3N2O2/c15-10-6-5-8(7-9(10)14(16,17)18)20-11-3-1-2-4-12(11)22-13(19)21/h1-7,20H,(H2,19,21). The van der Waals surface area contributed by atoms with Crippen molar-refractivity contribution in [2.75, 3.05) is 5.32 Å². The smallest absolute Gasteiger partial charge is 0.408 e. The first-order chi connectivity index (χ1) is 10.3. The first-order valence-corrected chi connectivity index (χ1v) is 6.35. The van der Waals surface area contributed by atoms with Crippen LogP contribution in [0.3, 0.4) is 0 Å². The van der Waals surface area contributed by atoms with Crippen molar-refractivity contribution in [1.82, 2.24) is 0 Å². The van der Waals surface area contributed by atoms with Gasteiger partial charge in [0.05, 0.1) is 16.3 Å². The molecule has 0 saturated heterocycles. The predicted octanol–water partition coefficient (Wildman–Crippen LogP) is 4.56. The lowest BCUT2D eigenvalue weighted by atomic mass is 10.2. The van der Waals surface area contributed by atoms with E-state index in [0.717, 1.165) is 12.1 Å². The molecule has 0 aromatic heterocycles. The van der Waals surface area contributed by atoms with Gasteiger partial charge in [-0.3, -0.25) is 0 Å². The summed E-state index contributed by atoms with van der Waals surface area (Å²) in [5.41, 5.74) is 4.39. The Kier molecular flexibility index (Phi) is 4.46. The molecule has 2 rings (SSSR count). The van der Waals surface area contributed by atoms with Crippen LogP contribution in [0.15, 0.2) is 42.5 Å². The van der Waals surface area contributed by atoms with E-state index in [1.807, 2.05) is 0 Å². The number of hydrogen-bond donors (Lipinski definition) is 2. The Labute approximate surface area is 128 Å². The second-order valence-electron chi connectivity index (χ2n) is 4.23. The number of benzene rings is 2. The number of alkyl halides is 3. The van der Waals surface area contributed by atoms with Crippen molar-refractivity contribution in [3.63, 3.8) is 0 Å². The number of para-hydroxylation sites is 2. The fraction of sp³-hybridized carbons (Fsp3) is 0.0714. The number of anilines is 2. The molecule has 0 aliphatic carbocycles. The van der Waals surface area contributed by atoms with E-state index in [0.29, 0.717) is 0 Å². The maximum Gasteiger partial charge on any atom is 0.417 e. The fourth-order valence-electron chi connectivity index (χ4n) is 1.74. The molecular formula is C14H10ClF3N2O2. The highest BCUT2D eigenvalue weighted by atomic mass is 35.5. The maximum absolute atomic E-state index is 12.8. The molecule has 0 heterocycles. The van der Waals surface area contributed by atoms with Gasteiger partial charge < -0.3 is 15.8 Å². The molecule has 0 aliphatic rings. The number of rotatable bonds is 3. The zero-order valence-corrected chi connectivity index (χ0v) is 11.7. The van der Waals surface area contributed by atoms with Gasteiger partial charge in [0.1, 0.15) is 0 Å². The Hall–Kier alpha value is -2.41. The number of carbonyl (C=O) groups is 1. The SMILES string of the molecule is NC(=O)Oc1ccccc1Nc1ccc(Cl)c(C(F)(F)F)c1. The van der Waals surface area contributed by atoms with E-state index in [9.17, 15) is 18.0 Å². The summed E-state index contributed by atoms with van der Waals surface area (Å²) in [4.78, 5) is 10.8. The van der Waals surface area contributed by atoms with Crippen molar-refractivity contribution in [3.8, 4) is 5.75 Å². The van der Waals surface area contributed by atoms with Crippen LogP contribution < -0.4 is 15.8 Å². The predicted molar refractivity (Wildman–Crippen MR) is 76.4 cm³/mol. The van der Waals surface area contributed by atoms with Gasteiger partial charge in [-0.1, -0.05) is 23.7 Å². The highest BCUT2D eigenvalue weighted by molar-refractivity contribution is 6.31. The average Bonchev–Trinajstić information content (AvgIpc) is 2.41. The van der Waals surface area contributed by atoms with Gasteiger partial charge in [0, 0.05) is 5.69 Å². The van der Waals surface area contributed by atoms with Crippen LogP contribution in [0.25, 0.3) is 0 Å². The van der Waals surface area contributed by atoms with Crippen LogP contribution in [-0.4, -0.2) is 6.09 Å². The number of carbonyl (C=O) groups excluding carboxylic acids is 1. The van der Waals surface area contributed by atoms with Crippen LogP contribution in [0.4, 0.5) is 29.3 Å². The van der Waals surface area contributed by atoms with E-state index < -0.39 is 22.9 Å². The van der Waals surface area contributed by atoms with E-state index >= 15 is 0 Å². The highest BCUT2D eigenvalue weighted by Gasteiger charge is 2.33. The van der Waals surface area contributed by atoms with Crippen molar-refractivity contribution in [2.45, 2.75) is 6.18 Å². The monoisotopic (exact) mass is 330 g/mol. The molecule has 0 spiro atoms. The number of amides is 1. The third kappa shape index (κ3) is 3.82. The lowest BCUT2D eigenvalue weighted by molar-refractivity contribution is -0.137. The third-order valence-corrected chi connectivity index (χ3v) is 2.98. The van der Waals surface area contributed by atoms with Crippen molar-refractivity contribution < 1.29 is 22.7 Å². The first-order valence-electron chi connectivity index (χ1n) is 5.97. The van der Waals surface area contributed by atoms with Crippen LogP contribution in [0.5, 0.6) is 5.75 Å². The number of primary amides is 1. The molecule has 0 saturated carbocycles. The Bertz CT molecular complexity index is 705. The summed E-state index contributed by atoms with van der Waals surface area (Å²) in [7, 11) is 0. The van der Waals surface area contributed by atoms with Gasteiger partial charge in [0.25, 0.3) is 0 Å². The minimum atomic E-state index is -4.57. The zero-order valence-electron chi connectivity index (χ0n) is 10.9. The Balaban J connectivity index is 2.34. The Morgan fingerprint density at radius 3 is 2.50 bits per heavy atom. The number of nitrogens with two attached hydrogens (primary N) is 1. The zero-order chi connectivity index (χ0) is 16.3. The maximum atomic E-state index is 12.8. The molecule has 0 fully saturated rings. The average molecular weight is 331 g/mol. The van der Waals surface area contributed by atoms with Gasteiger partial charge in [-0.05, 0) is 30.3 Å². The fourth-order valence-corrected chi connectivity index (χ4v) is 1.97. The Morgan fingerprint density at radius 2 is 1.86 bits per heavy atom. The molecule has 116 valence electrons. The van der Waals surface area contributed by atoms with Crippen molar-refractivity contribution in [3.05, 3.63) is 53.1 Å². The van der Waals surface area contributed by atoms with Crippen LogP contribution in [0.1, 0.15) is 5.56 Å². The van der Waals surface area contributed by atoms with Gasteiger partial charge in [0.15, 0.2) is 5.75 Å². The minimum Gasteiger partial charge on any atom is -0.408 e. The summed E-state index contributed by atoms with van der Waals surface area (Å²) < 4.78 is 43.2. The summed E-state index contributed by atoms with van der Waals surface area (Å²) >= 11 is 5.55. The van der Waals surface area contributed by atoms with Gasteiger partial charge >= 0.3 is 12.3 Å². The van der Waals surface area contributed by atoms with Crippen LogP contribution in [-0.2, 0) is 6.18 Å². The van der Waals surface area contributed by atoms with E-state index in [1.54, 1.807) is 12.1 Å². The van der Waals surface area contributed by atoms with Crippen molar-refractivity contribution in [1.29, 1.82) is 0 Å². The Morgan fingerprint density at radius 1 is 1.18 bits per heavy atom. The van der Waals surface area contributed by atoms with Crippen LogP contribution >= 0.6 is 11.6 Å². The number of hydrogen-bond acceptors (Lipinski definition) is 3. The van der Waals surface area contributed by atoms with Gasteiger partial charge in [0.2, 0.25) is 0 Å².